The molecule has 4 rings (SSSR count). The van der Waals surface area contributed by atoms with Crippen LogP contribution >= 0.6 is 0 Å². The zero-order valence-corrected chi connectivity index (χ0v) is 15.4. The molecule has 1 aliphatic rings. The topological polar surface area (TPSA) is 30.5 Å². The maximum absolute atomic E-state index is 6.30. The molecule has 0 aromatic heterocycles. The van der Waals surface area contributed by atoms with Crippen molar-refractivity contribution in [3.63, 3.8) is 0 Å². The molecule has 3 aromatic rings. The number of rotatable bonds is 7. The summed E-state index contributed by atoms with van der Waals surface area (Å²) < 4.78 is 12.5. The van der Waals surface area contributed by atoms with Gasteiger partial charge in [0.15, 0.2) is 11.5 Å². The lowest BCUT2D eigenvalue weighted by Crippen LogP contribution is -2.10. The zero-order chi connectivity index (χ0) is 18.3. The molecule has 1 unspecified atom stereocenters. The van der Waals surface area contributed by atoms with E-state index in [1.807, 2.05) is 42.5 Å². The molecule has 3 aromatic carbocycles. The Morgan fingerprint density at radius 3 is 2.04 bits per heavy atom. The summed E-state index contributed by atoms with van der Waals surface area (Å²) in [5, 5.41) is 3.45. The van der Waals surface area contributed by atoms with Gasteiger partial charge in [-0.3, -0.25) is 0 Å². The molecule has 27 heavy (non-hydrogen) atoms. The van der Waals surface area contributed by atoms with E-state index in [0.717, 1.165) is 42.1 Å². The first-order valence-electron chi connectivity index (χ1n) is 9.57. The fraction of sp³-hybridized carbons (Fsp3) is 0.250. The predicted molar refractivity (Wildman–Crippen MR) is 108 cm³/mol. The van der Waals surface area contributed by atoms with E-state index in [1.54, 1.807) is 0 Å². The van der Waals surface area contributed by atoms with E-state index < -0.39 is 0 Å². The van der Waals surface area contributed by atoms with Crippen molar-refractivity contribution in [2.24, 2.45) is 0 Å². The second kappa shape index (κ2) is 8.74. The van der Waals surface area contributed by atoms with Crippen LogP contribution in [0.1, 0.15) is 29.0 Å². The number of ether oxygens (including phenoxy) is 2. The van der Waals surface area contributed by atoms with Crippen LogP contribution in [-0.4, -0.2) is 13.1 Å². The lowest BCUT2D eigenvalue weighted by Gasteiger charge is -2.19. The number of para-hydroxylation sites is 1. The molecule has 0 spiro atoms. The average molecular weight is 359 g/mol. The first kappa shape index (κ1) is 17.6. The first-order valence-corrected chi connectivity index (χ1v) is 9.57. The smallest absolute Gasteiger partial charge is 0.165 e. The van der Waals surface area contributed by atoms with Gasteiger partial charge in [0.2, 0.25) is 0 Å². The molecule has 3 nitrogen and oxygen atoms in total. The van der Waals surface area contributed by atoms with E-state index >= 15 is 0 Å². The monoisotopic (exact) mass is 359 g/mol. The Balaban J connectivity index is 1.57. The van der Waals surface area contributed by atoms with Gasteiger partial charge in [0.25, 0.3) is 0 Å². The Morgan fingerprint density at radius 2 is 1.41 bits per heavy atom. The zero-order valence-electron chi connectivity index (χ0n) is 15.4. The van der Waals surface area contributed by atoms with Gasteiger partial charge in [0, 0.05) is 18.0 Å². The lowest BCUT2D eigenvalue weighted by atomic mass is 9.97. The van der Waals surface area contributed by atoms with Crippen LogP contribution in [0.5, 0.6) is 11.5 Å². The minimum Gasteiger partial charge on any atom is -0.485 e. The lowest BCUT2D eigenvalue weighted by molar-refractivity contribution is 0.253. The number of hydrogen-bond acceptors (Lipinski definition) is 3. The number of benzene rings is 3. The van der Waals surface area contributed by atoms with Gasteiger partial charge in [-0.25, -0.2) is 0 Å². The minimum absolute atomic E-state index is 0.469. The largest absolute Gasteiger partial charge is 0.485 e. The third kappa shape index (κ3) is 4.50. The fourth-order valence-corrected chi connectivity index (χ4v) is 3.51. The van der Waals surface area contributed by atoms with Crippen LogP contribution in [0.15, 0.2) is 78.9 Å². The van der Waals surface area contributed by atoms with Gasteiger partial charge < -0.3 is 14.8 Å². The molecule has 1 N–H and O–H groups in total. The Labute approximate surface area is 161 Å². The Kier molecular flexibility index (Phi) is 5.70. The molecule has 1 fully saturated rings. The van der Waals surface area contributed by atoms with Crippen LogP contribution in [0.25, 0.3) is 0 Å². The predicted octanol–water partition coefficient (Wildman–Crippen LogP) is 4.92. The minimum atomic E-state index is 0.469. The van der Waals surface area contributed by atoms with Crippen molar-refractivity contribution in [3.05, 3.63) is 95.6 Å². The van der Waals surface area contributed by atoms with Crippen molar-refractivity contribution < 1.29 is 9.47 Å². The second-order valence-electron chi connectivity index (χ2n) is 6.91. The van der Waals surface area contributed by atoms with E-state index in [-0.39, 0.29) is 0 Å². The van der Waals surface area contributed by atoms with Crippen LogP contribution in [0.2, 0.25) is 0 Å². The summed E-state index contributed by atoms with van der Waals surface area (Å²) >= 11 is 0. The third-order valence-electron chi connectivity index (χ3n) is 4.97. The van der Waals surface area contributed by atoms with Crippen molar-refractivity contribution >= 4 is 0 Å². The van der Waals surface area contributed by atoms with Crippen LogP contribution in [0.4, 0.5) is 0 Å². The van der Waals surface area contributed by atoms with Crippen molar-refractivity contribution in [2.75, 3.05) is 13.1 Å². The summed E-state index contributed by atoms with van der Waals surface area (Å²) in [6, 6.07) is 26.8. The second-order valence-corrected chi connectivity index (χ2v) is 6.91. The molecule has 138 valence electrons. The molecule has 1 saturated heterocycles. The quantitative estimate of drug-likeness (QED) is 0.649. The highest BCUT2D eigenvalue weighted by atomic mass is 16.5. The molecule has 1 atom stereocenters. The number of hydrogen-bond donors (Lipinski definition) is 1. The Bertz CT molecular complexity index is 843. The summed E-state index contributed by atoms with van der Waals surface area (Å²) in [5.41, 5.74) is 3.55. The van der Waals surface area contributed by atoms with E-state index in [4.69, 9.17) is 9.47 Å². The normalized spacial score (nSPS) is 16.2. The van der Waals surface area contributed by atoms with E-state index in [0.29, 0.717) is 19.1 Å². The molecule has 1 heterocycles. The number of nitrogens with one attached hydrogen (secondary N) is 1. The van der Waals surface area contributed by atoms with Gasteiger partial charge in [-0.1, -0.05) is 72.8 Å². The van der Waals surface area contributed by atoms with E-state index in [1.165, 1.54) is 5.56 Å². The fourth-order valence-electron chi connectivity index (χ4n) is 3.51. The van der Waals surface area contributed by atoms with Crippen LogP contribution in [0, 0.1) is 0 Å². The molecule has 3 heteroatoms. The first-order chi connectivity index (χ1) is 13.4. The summed E-state index contributed by atoms with van der Waals surface area (Å²) in [4.78, 5) is 0. The van der Waals surface area contributed by atoms with Gasteiger partial charge in [0.05, 0.1) is 0 Å². The highest BCUT2D eigenvalue weighted by Gasteiger charge is 2.23. The van der Waals surface area contributed by atoms with Crippen LogP contribution in [0.3, 0.4) is 0 Å². The van der Waals surface area contributed by atoms with Gasteiger partial charge in [-0.05, 0) is 30.2 Å². The summed E-state index contributed by atoms with van der Waals surface area (Å²) in [6.07, 6.45) is 1.13. The van der Waals surface area contributed by atoms with Crippen molar-refractivity contribution in [1.29, 1.82) is 0 Å². The Morgan fingerprint density at radius 1 is 0.741 bits per heavy atom. The summed E-state index contributed by atoms with van der Waals surface area (Å²) in [5.74, 6) is 2.17. The molecule has 0 amide bonds. The van der Waals surface area contributed by atoms with Crippen molar-refractivity contribution in [2.45, 2.75) is 25.6 Å². The third-order valence-corrected chi connectivity index (χ3v) is 4.97. The molecule has 0 bridgehead atoms. The maximum Gasteiger partial charge on any atom is 0.165 e. The van der Waals surface area contributed by atoms with Gasteiger partial charge in [0.1, 0.15) is 13.2 Å². The van der Waals surface area contributed by atoms with Crippen molar-refractivity contribution in [3.8, 4) is 11.5 Å². The molecular weight excluding hydrogens is 334 g/mol. The summed E-state index contributed by atoms with van der Waals surface area (Å²) in [6.45, 7) is 3.12. The molecule has 0 aliphatic carbocycles. The maximum atomic E-state index is 6.30. The highest BCUT2D eigenvalue weighted by Crippen LogP contribution is 2.39. The van der Waals surface area contributed by atoms with E-state index in [2.05, 4.69) is 41.7 Å². The van der Waals surface area contributed by atoms with E-state index in [9.17, 15) is 0 Å². The molecule has 1 aliphatic heterocycles. The highest BCUT2D eigenvalue weighted by molar-refractivity contribution is 5.49. The van der Waals surface area contributed by atoms with Crippen LogP contribution < -0.4 is 14.8 Å². The average Bonchev–Trinajstić information content (AvgIpc) is 3.27. The van der Waals surface area contributed by atoms with Gasteiger partial charge in [-0.2, -0.15) is 0 Å². The van der Waals surface area contributed by atoms with Gasteiger partial charge >= 0.3 is 0 Å². The van der Waals surface area contributed by atoms with Crippen molar-refractivity contribution in [1.82, 2.24) is 5.32 Å². The summed E-state index contributed by atoms with van der Waals surface area (Å²) in [7, 11) is 0. The van der Waals surface area contributed by atoms with Crippen LogP contribution in [-0.2, 0) is 13.2 Å². The van der Waals surface area contributed by atoms with Gasteiger partial charge in [-0.15, -0.1) is 0 Å². The molecular formula is C24H25NO2. The standard InChI is InChI=1S/C24H25NO2/c1-3-8-19(9-4-1)17-26-23-13-7-12-22(21-14-15-25-16-21)24(23)27-18-20-10-5-2-6-11-20/h1-13,21,25H,14-18H2. The molecule has 0 radical (unpaired) electrons. The molecule has 0 saturated carbocycles. The Hall–Kier alpha value is -2.78. The SMILES string of the molecule is c1ccc(COc2cccc(C3CCNC3)c2OCc2ccccc2)cc1.